The first-order valence-corrected chi connectivity index (χ1v) is 13.2. The lowest BCUT2D eigenvalue weighted by Crippen LogP contribution is -2.48. The van der Waals surface area contributed by atoms with Crippen molar-refractivity contribution in [3.8, 4) is 0 Å². The van der Waals surface area contributed by atoms with Crippen LogP contribution in [0.3, 0.4) is 0 Å². The van der Waals surface area contributed by atoms with Gasteiger partial charge in [-0.25, -0.2) is 12.7 Å². The summed E-state index contributed by atoms with van der Waals surface area (Å²) < 4.78 is 26.3. The zero-order valence-electron chi connectivity index (χ0n) is 20.7. The van der Waals surface area contributed by atoms with E-state index in [1.165, 1.54) is 17.0 Å². The van der Waals surface area contributed by atoms with Gasteiger partial charge in [0.1, 0.15) is 10.9 Å². The van der Waals surface area contributed by atoms with Gasteiger partial charge in [-0.3, -0.25) is 14.4 Å². The molecule has 8 nitrogen and oxygen atoms in total. The highest BCUT2D eigenvalue weighted by molar-refractivity contribution is 7.90. The maximum absolute atomic E-state index is 13.2. The highest BCUT2D eigenvalue weighted by Gasteiger charge is 2.40. The Labute approximate surface area is 207 Å². The van der Waals surface area contributed by atoms with Crippen LogP contribution in [0.2, 0.25) is 0 Å². The predicted molar refractivity (Wildman–Crippen MR) is 133 cm³/mol. The molecule has 0 bridgehead atoms. The van der Waals surface area contributed by atoms with Crippen molar-refractivity contribution in [3.63, 3.8) is 0 Å². The third-order valence-electron chi connectivity index (χ3n) is 5.99. The highest BCUT2D eigenvalue weighted by atomic mass is 32.2. The summed E-state index contributed by atoms with van der Waals surface area (Å²) in [5.74, 6) is -0.825. The Bertz CT molecular complexity index is 1190. The van der Waals surface area contributed by atoms with Gasteiger partial charge in [-0.2, -0.15) is 0 Å². The van der Waals surface area contributed by atoms with E-state index in [4.69, 9.17) is 0 Å². The van der Waals surface area contributed by atoms with Gasteiger partial charge in [-0.05, 0) is 43.9 Å². The largest absolute Gasteiger partial charge is 0.354 e. The van der Waals surface area contributed by atoms with E-state index >= 15 is 0 Å². The van der Waals surface area contributed by atoms with Crippen molar-refractivity contribution < 1.29 is 22.8 Å². The van der Waals surface area contributed by atoms with Gasteiger partial charge >= 0.3 is 0 Å². The molecule has 3 amide bonds. The van der Waals surface area contributed by atoms with Gasteiger partial charge in [0.05, 0.1) is 5.56 Å². The Morgan fingerprint density at radius 3 is 2.31 bits per heavy atom. The van der Waals surface area contributed by atoms with E-state index in [-0.39, 0.29) is 54.1 Å². The smallest absolute Gasteiger partial charge is 0.269 e. The van der Waals surface area contributed by atoms with Crippen LogP contribution >= 0.6 is 0 Å². The minimum Gasteiger partial charge on any atom is -0.354 e. The molecule has 0 aromatic heterocycles. The van der Waals surface area contributed by atoms with E-state index in [1.807, 2.05) is 45.0 Å². The molecule has 0 aliphatic carbocycles. The van der Waals surface area contributed by atoms with Crippen molar-refractivity contribution >= 4 is 27.7 Å². The van der Waals surface area contributed by atoms with Crippen molar-refractivity contribution in [3.05, 3.63) is 65.2 Å². The lowest BCUT2D eigenvalue weighted by Gasteiger charge is -2.29. The Hall–Kier alpha value is -3.20. The second-order valence-corrected chi connectivity index (χ2v) is 11.1. The molecular formula is C26H33N3O5S. The summed E-state index contributed by atoms with van der Waals surface area (Å²) in [6, 6.07) is 13.1. The molecule has 0 radical (unpaired) electrons. The van der Waals surface area contributed by atoms with Crippen LogP contribution in [0.25, 0.3) is 0 Å². The monoisotopic (exact) mass is 499 g/mol. The number of nitrogens with one attached hydrogen (secondary N) is 1. The Kier molecular flexibility index (Phi) is 8.32. The number of carbonyl (C=O) groups excluding carboxylic acids is 3. The predicted octanol–water partition coefficient (Wildman–Crippen LogP) is 3.11. The second-order valence-electron chi connectivity index (χ2n) is 9.30. The first-order valence-electron chi connectivity index (χ1n) is 11.8. The summed E-state index contributed by atoms with van der Waals surface area (Å²) in [5.41, 5.74) is 2.13. The van der Waals surface area contributed by atoms with Crippen LogP contribution in [0.15, 0.2) is 53.4 Å². The van der Waals surface area contributed by atoms with Crippen molar-refractivity contribution in [1.82, 2.24) is 14.5 Å². The molecule has 1 N–H and O–H groups in total. The number of benzene rings is 2. The summed E-state index contributed by atoms with van der Waals surface area (Å²) in [5, 5.41) is 2.87. The van der Waals surface area contributed by atoms with Crippen LogP contribution < -0.4 is 5.32 Å². The first kappa shape index (κ1) is 26.4. The molecular weight excluding hydrogens is 466 g/mol. The van der Waals surface area contributed by atoms with Gasteiger partial charge in [-0.1, -0.05) is 55.8 Å². The summed E-state index contributed by atoms with van der Waals surface area (Å²) in [6.07, 6.45) is 0.159. The topological polar surface area (TPSA) is 104 Å². The number of hydrogen-bond acceptors (Lipinski definition) is 5. The molecule has 0 fully saturated rings. The Morgan fingerprint density at radius 1 is 1.03 bits per heavy atom. The van der Waals surface area contributed by atoms with Crippen LogP contribution in [-0.4, -0.2) is 54.5 Å². The fourth-order valence-corrected chi connectivity index (χ4v) is 5.50. The summed E-state index contributed by atoms with van der Waals surface area (Å²) in [6.45, 7) is 8.30. The van der Waals surface area contributed by atoms with E-state index in [1.54, 1.807) is 19.1 Å². The SMILES string of the molecule is Cc1ccc(CN(C(=O)CCCN2C(=O)c3ccccc3S2(=O)=O)[C@H](C)C(=O)NCC(C)C)cc1. The number of carbonyl (C=O) groups is 3. The first-order chi connectivity index (χ1) is 16.5. The lowest BCUT2D eigenvalue weighted by atomic mass is 10.1. The summed E-state index contributed by atoms with van der Waals surface area (Å²) >= 11 is 0. The van der Waals surface area contributed by atoms with Crippen molar-refractivity contribution in [1.29, 1.82) is 0 Å². The second kappa shape index (κ2) is 11.0. The fraction of sp³-hybridized carbons (Fsp3) is 0.423. The molecule has 188 valence electrons. The van der Waals surface area contributed by atoms with Crippen LogP contribution in [0.5, 0.6) is 0 Å². The molecule has 0 spiro atoms. The third kappa shape index (κ3) is 6.08. The Balaban J connectivity index is 1.69. The average Bonchev–Trinajstić information content (AvgIpc) is 3.02. The minimum atomic E-state index is -3.92. The highest BCUT2D eigenvalue weighted by Crippen LogP contribution is 2.30. The molecule has 0 saturated carbocycles. The fourth-order valence-electron chi connectivity index (χ4n) is 3.89. The summed E-state index contributed by atoms with van der Waals surface area (Å²) in [4.78, 5) is 40.1. The Morgan fingerprint density at radius 2 is 1.69 bits per heavy atom. The molecule has 0 saturated heterocycles. The van der Waals surface area contributed by atoms with Crippen LogP contribution in [0.4, 0.5) is 0 Å². The normalized spacial score (nSPS) is 15.1. The van der Waals surface area contributed by atoms with Crippen molar-refractivity contribution in [2.45, 2.75) is 58.0 Å². The molecule has 1 aliphatic heterocycles. The third-order valence-corrected chi connectivity index (χ3v) is 7.83. The molecule has 3 rings (SSSR count). The quantitative estimate of drug-likeness (QED) is 0.541. The number of rotatable bonds is 10. The number of sulfonamides is 1. The van der Waals surface area contributed by atoms with E-state index in [0.29, 0.717) is 6.54 Å². The van der Waals surface area contributed by atoms with Crippen LogP contribution in [0.1, 0.15) is 55.1 Å². The van der Waals surface area contributed by atoms with Gasteiger partial charge < -0.3 is 10.2 Å². The van der Waals surface area contributed by atoms with E-state index in [2.05, 4.69) is 5.32 Å². The molecule has 2 aromatic rings. The maximum atomic E-state index is 13.2. The lowest BCUT2D eigenvalue weighted by molar-refractivity contribution is -0.140. The standard InChI is InChI=1S/C26H33N3O5S/c1-18(2)16-27-25(31)20(4)28(17-21-13-11-19(3)12-14-21)24(30)10-7-15-29-26(32)22-8-5-6-9-23(22)35(29,33)34/h5-6,8-9,11-14,18,20H,7,10,15-17H2,1-4H3,(H,27,31)/t20-/m1/s1. The van der Waals surface area contributed by atoms with Gasteiger partial charge in [-0.15, -0.1) is 0 Å². The molecule has 1 aliphatic rings. The van der Waals surface area contributed by atoms with Gasteiger partial charge in [0.2, 0.25) is 11.8 Å². The van der Waals surface area contributed by atoms with Crippen molar-refractivity contribution in [2.24, 2.45) is 5.92 Å². The average molecular weight is 500 g/mol. The zero-order chi connectivity index (χ0) is 25.8. The number of amides is 3. The van der Waals surface area contributed by atoms with Gasteiger partial charge in [0, 0.05) is 26.1 Å². The summed E-state index contributed by atoms with van der Waals surface area (Å²) in [7, 11) is -3.92. The van der Waals surface area contributed by atoms with Gasteiger partial charge in [0.25, 0.3) is 15.9 Å². The van der Waals surface area contributed by atoms with Crippen LogP contribution in [0, 0.1) is 12.8 Å². The van der Waals surface area contributed by atoms with Crippen LogP contribution in [-0.2, 0) is 26.2 Å². The number of nitrogens with zero attached hydrogens (tertiary/aromatic N) is 2. The molecule has 9 heteroatoms. The van der Waals surface area contributed by atoms with E-state index < -0.39 is 22.0 Å². The molecule has 0 unspecified atom stereocenters. The zero-order valence-corrected chi connectivity index (χ0v) is 21.5. The molecule has 1 atom stereocenters. The maximum Gasteiger partial charge on any atom is 0.269 e. The minimum absolute atomic E-state index is 0.00328. The molecule has 35 heavy (non-hydrogen) atoms. The van der Waals surface area contributed by atoms with Gasteiger partial charge in [0.15, 0.2) is 0 Å². The van der Waals surface area contributed by atoms with E-state index in [0.717, 1.165) is 15.4 Å². The van der Waals surface area contributed by atoms with Crippen molar-refractivity contribution in [2.75, 3.05) is 13.1 Å². The number of hydrogen-bond donors (Lipinski definition) is 1. The number of aryl methyl sites for hydroxylation is 1. The molecule has 1 heterocycles. The molecule has 2 aromatic carbocycles. The van der Waals surface area contributed by atoms with E-state index in [9.17, 15) is 22.8 Å². The number of fused-ring (bicyclic) bond motifs is 1.